The summed E-state index contributed by atoms with van der Waals surface area (Å²) in [7, 11) is -3.80. The number of carbonyl (C=O) groups is 1. The van der Waals surface area contributed by atoms with Gasteiger partial charge in [-0.25, -0.2) is 4.79 Å². The van der Waals surface area contributed by atoms with E-state index in [2.05, 4.69) is 4.72 Å². The molecule has 1 heterocycles. The first-order chi connectivity index (χ1) is 9.58. The van der Waals surface area contributed by atoms with Crippen LogP contribution >= 0.6 is 0 Å². The zero-order valence-electron chi connectivity index (χ0n) is 12.8. The molecule has 0 aliphatic carbocycles. The van der Waals surface area contributed by atoms with Gasteiger partial charge < -0.3 is 14.6 Å². The van der Waals surface area contributed by atoms with E-state index >= 15 is 0 Å². The standard InChI is InChI=1S/C12H24N2O6S/c1-5-19-11(15)12(4,16)8-13-21(17,18)14-6-9(2)20-10(3)7-14/h9-10,13,16H,5-8H2,1-4H3. The Morgan fingerprint density at radius 2 is 1.95 bits per heavy atom. The third kappa shape index (κ3) is 5.19. The van der Waals surface area contributed by atoms with Crippen LogP contribution in [0.3, 0.4) is 0 Å². The first-order valence-electron chi connectivity index (χ1n) is 6.88. The van der Waals surface area contributed by atoms with Crippen molar-refractivity contribution in [1.29, 1.82) is 0 Å². The van der Waals surface area contributed by atoms with Crippen LogP contribution in [-0.4, -0.2) is 67.8 Å². The Kier molecular flexibility index (Phi) is 6.11. The smallest absolute Gasteiger partial charge is 0.339 e. The lowest BCUT2D eigenvalue weighted by atomic mass is 10.1. The third-order valence-electron chi connectivity index (χ3n) is 3.04. The first kappa shape index (κ1) is 18.3. The minimum absolute atomic E-state index is 0.111. The fourth-order valence-electron chi connectivity index (χ4n) is 2.01. The van der Waals surface area contributed by atoms with Gasteiger partial charge in [-0.15, -0.1) is 0 Å². The molecule has 1 fully saturated rings. The van der Waals surface area contributed by atoms with Gasteiger partial charge in [0, 0.05) is 13.1 Å². The molecule has 8 nitrogen and oxygen atoms in total. The van der Waals surface area contributed by atoms with Crippen LogP contribution in [0, 0.1) is 0 Å². The molecule has 1 aliphatic heterocycles. The van der Waals surface area contributed by atoms with Crippen LogP contribution in [0.25, 0.3) is 0 Å². The molecule has 2 N–H and O–H groups in total. The van der Waals surface area contributed by atoms with Crippen molar-refractivity contribution >= 4 is 16.2 Å². The van der Waals surface area contributed by atoms with Crippen LogP contribution in [-0.2, 0) is 24.5 Å². The Hall–Kier alpha value is -0.740. The van der Waals surface area contributed by atoms with Crippen molar-refractivity contribution < 1.29 is 27.8 Å². The molecule has 0 aromatic heterocycles. The fourth-order valence-corrected chi connectivity index (χ4v) is 3.47. The average molecular weight is 324 g/mol. The SMILES string of the molecule is CCOC(=O)C(C)(O)CNS(=O)(=O)N1CC(C)OC(C)C1. The molecule has 1 rings (SSSR count). The number of rotatable bonds is 6. The fraction of sp³-hybridized carbons (Fsp3) is 0.917. The van der Waals surface area contributed by atoms with Crippen LogP contribution in [0.4, 0.5) is 0 Å². The predicted octanol–water partition coefficient (Wildman–Crippen LogP) is -0.756. The van der Waals surface area contributed by atoms with Crippen molar-refractivity contribution in [3.63, 3.8) is 0 Å². The zero-order chi connectivity index (χ0) is 16.3. The number of hydrogen-bond donors (Lipinski definition) is 2. The summed E-state index contributed by atoms with van der Waals surface area (Å²) < 4.78 is 38.0. The number of carbonyl (C=O) groups excluding carboxylic acids is 1. The Morgan fingerprint density at radius 3 is 2.43 bits per heavy atom. The number of ether oxygens (including phenoxy) is 2. The summed E-state index contributed by atoms with van der Waals surface area (Å²) in [5.74, 6) is -0.864. The van der Waals surface area contributed by atoms with Gasteiger partial charge >= 0.3 is 5.97 Å². The summed E-state index contributed by atoms with van der Waals surface area (Å²) in [6, 6.07) is 0. The van der Waals surface area contributed by atoms with Crippen molar-refractivity contribution in [2.45, 2.75) is 45.5 Å². The van der Waals surface area contributed by atoms with E-state index in [4.69, 9.17) is 9.47 Å². The quantitative estimate of drug-likeness (QED) is 0.623. The molecule has 21 heavy (non-hydrogen) atoms. The molecule has 3 atom stereocenters. The van der Waals surface area contributed by atoms with Gasteiger partial charge in [0.1, 0.15) is 0 Å². The maximum Gasteiger partial charge on any atom is 0.339 e. The van der Waals surface area contributed by atoms with Gasteiger partial charge in [-0.1, -0.05) is 0 Å². The molecule has 0 aromatic carbocycles. The molecular weight excluding hydrogens is 300 g/mol. The first-order valence-corrected chi connectivity index (χ1v) is 8.32. The maximum absolute atomic E-state index is 12.2. The molecule has 0 aromatic rings. The van der Waals surface area contributed by atoms with E-state index < -0.39 is 28.3 Å². The van der Waals surface area contributed by atoms with Crippen LogP contribution in [0.5, 0.6) is 0 Å². The lowest BCUT2D eigenvalue weighted by molar-refractivity contribution is -0.162. The molecule has 0 radical (unpaired) electrons. The highest BCUT2D eigenvalue weighted by atomic mass is 32.2. The number of morpholine rings is 1. The second kappa shape index (κ2) is 7.01. The van der Waals surface area contributed by atoms with E-state index in [1.807, 2.05) is 0 Å². The summed E-state index contributed by atoms with van der Waals surface area (Å²) in [5, 5.41) is 9.94. The average Bonchev–Trinajstić information content (AvgIpc) is 2.36. The largest absolute Gasteiger partial charge is 0.464 e. The van der Waals surface area contributed by atoms with E-state index in [-0.39, 0.29) is 31.9 Å². The number of hydrogen-bond acceptors (Lipinski definition) is 6. The summed E-state index contributed by atoms with van der Waals surface area (Å²) >= 11 is 0. The van der Waals surface area contributed by atoms with Crippen molar-refractivity contribution in [2.24, 2.45) is 0 Å². The molecular formula is C12H24N2O6S. The number of esters is 1. The van der Waals surface area contributed by atoms with Crippen LogP contribution < -0.4 is 4.72 Å². The zero-order valence-corrected chi connectivity index (χ0v) is 13.6. The minimum Gasteiger partial charge on any atom is -0.464 e. The van der Waals surface area contributed by atoms with Gasteiger partial charge in [-0.3, -0.25) is 0 Å². The lowest BCUT2D eigenvalue weighted by Gasteiger charge is -2.34. The van der Waals surface area contributed by atoms with Crippen molar-refractivity contribution in [3.8, 4) is 0 Å². The predicted molar refractivity (Wildman–Crippen MR) is 75.8 cm³/mol. The van der Waals surface area contributed by atoms with Crippen LogP contribution in [0.2, 0.25) is 0 Å². The van der Waals surface area contributed by atoms with Gasteiger partial charge in [0.05, 0.1) is 25.4 Å². The van der Waals surface area contributed by atoms with Crippen molar-refractivity contribution in [2.75, 3.05) is 26.2 Å². The van der Waals surface area contributed by atoms with Gasteiger partial charge in [0.2, 0.25) is 0 Å². The summed E-state index contributed by atoms with van der Waals surface area (Å²) in [4.78, 5) is 11.5. The highest BCUT2D eigenvalue weighted by Gasteiger charge is 2.36. The second-order valence-electron chi connectivity index (χ2n) is 5.39. The van der Waals surface area contributed by atoms with E-state index in [9.17, 15) is 18.3 Å². The molecule has 1 aliphatic rings. The number of nitrogens with one attached hydrogen (secondary N) is 1. The number of aliphatic hydroxyl groups is 1. The topological polar surface area (TPSA) is 105 Å². The van der Waals surface area contributed by atoms with Gasteiger partial charge in [0.25, 0.3) is 10.2 Å². The molecule has 0 spiro atoms. The molecule has 0 amide bonds. The lowest BCUT2D eigenvalue weighted by Crippen LogP contribution is -2.55. The Labute approximate surface area is 125 Å². The monoisotopic (exact) mass is 324 g/mol. The van der Waals surface area contributed by atoms with Gasteiger partial charge in [0.15, 0.2) is 5.60 Å². The van der Waals surface area contributed by atoms with E-state index in [1.165, 1.54) is 11.2 Å². The number of nitrogens with zero attached hydrogens (tertiary/aromatic N) is 1. The molecule has 124 valence electrons. The Bertz CT molecular complexity index is 454. The van der Waals surface area contributed by atoms with E-state index in [1.54, 1.807) is 20.8 Å². The van der Waals surface area contributed by atoms with Crippen LogP contribution in [0.1, 0.15) is 27.7 Å². The summed E-state index contributed by atoms with van der Waals surface area (Å²) in [5.41, 5.74) is -1.91. The Balaban J connectivity index is 2.66. The minimum atomic E-state index is -3.80. The molecule has 9 heteroatoms. The van der Waals surface area contributed by atoms with Crippen LogP contribution in [0.15, 0.2) is 0 Å². The maximum atomic E-state index is 12.2. The summed E-state index contributed by atoms with van der Waals surface area (Å²) in [6.07, 6.45) is -0.424. The van der Waals surface area contributed by atoms with Gasteiger partial charge in [-0.05, 0) is 27.7 Å². The molecule has 0 saturated carbocycles. The molecule has 1 saturated heterocycles. The van der Waals surface area contributed by atoms with E-state index in [0.29, 0.717) is 0 Å². The Morgan fingerprint density at radius 1 is 1.43 bits per heavy atom. The summed E-state index contributed by atoms with van der Waals surface area (Å²) in [6.45, 7) is 6.49. The molecule has 0 bridgehead atoms. The van der Waals surface area contributed by atoms with E-state index in [0.717, 1.165) is 0 Å². The highest BCUT2D eigenvalue weighted by molar-refractivity contribution is 7.87. The highest BCUT2D eigenvalue weighted by Crippen LogP contribution is 2.14. The third-order valence-corrected chi connectivity index (χ3v) is 4.53. The van der Waals surface area contributed by atoms with Crippen molar-refractivity contribution in [1.82, 2.24) is 9.03 Å². The normalized spacial score (nSPS) is 27.1. The van der Waals surface area contributed by atoms with Gasteiger partial charge in [-0.2, -0.15) is 17.4 Å². The molecule has 3 unspecified atom stereocenters. The van der Waals surface area contributed by atoms with Crippen molar-refractivity contribution in [3.05, 3.63) is 0 Å². The second-order valence-corrected chi connectivity index (χ2v) is 7.15.